The average Bonchev–Trinajstić information content (AvgIpc) is 2.38. The molecule has 0 aromatic carbocycles. The maximum Gasteiger partial charge on any atom is 0.417 e. The molecule has 106 valence electrons. The van der Waals surface area contributed by atoms with Gasteiger partial charge in [0.1, 0.15) is 11.6 Å². The van der Waals surface area contributed by atoms with E-state index in [0.29, 0.717) is 17.5 Å². The fourth-order valence-corrected chi connectivity index (χ4v) is 1.53. The molecule has 0 saturated heterocycles. The van der Waals surface area contributed by atoms with Crippen molar-refractivity contribution >= 4 is 11.6 Å². The van der Waals surface area contributed by atoms with Crippen LogP contribution < -0.4 is 11.1 Å². The highest BCUT2D eigenvalue weighted by molar-refractivity contribution is 5.38. The van der Waals surface area contributed by atoms with E-state index in [1.54, 1.807) is 13.0 Å². The number of hydrogen-bond acceptors (Lipinski definition) is 5. The van der Waals surface area contributed by atoms with E-state index in [-0.39, 0.29) is 6.04 Å². The molecule has 1 unspecified atom stereocenters. The van der Waals surface area contributed by atoms with Gasteiger partial charge in [-0.3, -0.25) is 0 Å². The third-order valence-corrected chi connectivity index (χ3v) is 2.54. The summed E-state index contributed by atoms with van der Waals surface area (Å²) in [6, 6.07) is 3.43. The van der Waals surface area contributed by atoms with Crippen molar-refractivity contribution in [2.75, 3.05) is 11.1 Å². The molecular weight excluding hydrogens is 271 g/mol. The lowest BCUT2D eigenvalue weighted by molar-refractivity contribution is -0.137. The molecule has 3 N–H and O–H groups in total. The summed E-state index contributed by atoms with van der Waals surface area (Å²) < 4.78 is 37.2. The lowest BCUT2D eigenvalue weighted by Crippen LogP contribution is -2.13. The minimum absolute atomic E-state index is 0.302. The first-order chi connectivity index (χ1) is 9.36. The van der Waals surface area contributed by atoms with E-state index in [2.05, 4.69) is 20.3 Å². The minimum Gasteiger partial charge on any atom is -0.384 e. The number of pyridine rings is 1. The molecule has 0 amide bonds. The molecule has 0 aliphatic heterocycles. The maximum absolute atomic E-state index is 12.4. The third-order valence-electron chi connectivity index (χ3n) is 2.54. The van der Waals surface area contributed by atoms with Crippen LogP contribution in [0.2, 0.25) is 0 Å². The monoisotopic (exact) mass is 283 g/mol. The van der Waals surface area contributed by atoms with Crippen molar-refractivity contribution in [1.82, 2.24) is 15.0 Å². The molecule has 2 rings (SSSR count). The van der Waals surface area contributed by atoms with E-state index in [0.717, 1.165) is 12.3 Å². The molecule has 1 atom stereocenters. The molecule has 2 heterocycles. The number of rotatable bonds is 3. The molecular formula is C12H12F3N5. The first-order valence-electron chi connectivity index (χ1n) is 5.74. The molecule has 5 nitrogen and oxygen atoms in total. The molecule has 0 aliphatic carbocycles. The quantitative estimate of drug-likeness (QED) is 0.905. The van der Waals surface area contributed by atoms with Crippen LogP contribution in [0.1, 0.15) is 24.4 Å². The van der Waals surface area contributed by atoms with Crippen LogP contribution in [0.25, 0.3) is 0 Å². The normalized spacial score (nSPS) is 13.0. The largest absolute Gasteiger partial charge is 0.417 e. The molecule has 0 aliphatic rings. The fraction of sp³-hybridized carbons (Fsp3) is 0.250. The molecule has 0 bridgehead atoms. The highest BCUT2D eigenvalue weighted by Crippen LogP contribution is 2.29. The molecule has 20 heavy (non-hydrogen) atoms. The van der Waals surface area contributed by atoms with Gasteiger partial charge in [0.25, 0.3) is 0 Å². The summed E-state index contributed by atoms with van der Waals surface area (Å²) in [4.78, 5) is 11.8. The highest BCUT2D eigenvalue weighted by atomic mass is 19.4. The van der Waals surface area contributed by atoms with Crippen molar-refractivity contribution in [2.45, 2.75) is 19.1 Å². The van der Waals surface area contributed by atoms with Gasteiger partial charge in [-0.1, -0.05) is 0 Å². The lowest BCUT2D eigenvalue weighted by Gasteiger charge is -2.14. The summed E-state index contributed by atoms with van der Waals surface area (Å²) in [5, 5.41) is 2.91. The molecule has 8 heteroatoms. The molecule has 0 fully saturated rings. The standard InChI is InChI=1S/C12H12F3N5/c1-7(11-17-5-4-9(16)20-11)19-10-3-2-8(6-18-10)12(13,14)15/h2-7H,1H3,(H,18,19)(H2,16,17,20). The van der Waals surface area contributed by atoms with Gasteiger partial charge in [-0.25, -0.2) is 15.0 Å². The van der Waals surface area contributed by atoms with Crippen LogP contribution >= 0.6 is 0 Å². The minimum atomic E-state index is -4.39. The van der Waals surface area contributed by atoms with Crippen LogP contribution in [-0.4, -0.2) is 15.0 Å². The third kappa shape index (κ3) is 3.34. The Morgan fingerprint density at radius 1 is 1.20 bits per heavy atom. The first-order valence-corrected chi connectivity index (χ1v) is 5.74. The van der Waals surface area contributed by atoms with Crippen molar-refractivity contribution in [3.63, 3.8) is 0 Å². The second-order valence-corrected chi connectivity index (χ2v) is 4.14. The summed E-state index contributed by atoms with van der Waals surface area (Å²) >= 11 is 0. The van der Waals surface area contributed by atoms with E-state index < -0.39 is 11.7 Å². The predicted molar refractivity (Wildman–Crippen MR) is 67.7 cm³/mol. The number of halogens is 3. The van der Waals surface area contributed by atoms with Gasteiger partial charge >= 0.3 is 6.18 Å². The predicted octanol–water partition coefficient (Wildman–Crippen LogP) is 2.65. The summed E-state index contributed by atoms with van der Waals surface area (Å²) in [5.41, 5.74) is 4.74. The van der Waals surface area contributed by atoms with Gasteiger partial charge in [0.15, 0.2) is 5.82 Å². The smallest absolute Gasteiger partial charge is 0.384 e. The number of hydrogen-bond donors (Lipinski definition) is 2. The molecule has 2 aromatic heterocycles. The van der Waals surface area contributed by atoms with Crippen molar-refractivity contribution in [1.29, 1.82) is 0 Å². The number of anilines is 2. The second kappa shape index (κ2) is 5.32. The van der Waals surface area contributed by atoms with Crippen molar-refractivity contribution in [3.05, 3.63) is 42.0 Å². The van der Waals surface area contributed by atoms with Gasteiger partial charge in [0.2, 0.25) is 0 Å². The molecule has 0 radical (unpaired) electrons. The number of nitrogen functional groups attached to an aromatic ring is 1. The Morgan fingerprint density at radius 3 is 2.50 bits per heavy atom. The Bertz CT molecular complexity index is 582. The van der Waals surface area contributed by atoms with Gasteiger partial charge in [-0.2, -0.15) is 13.2 Å². The van der Waals surface area contributed by atoms with Gasteiger partial charge in [0.05, 0.1) is 11.6 Å². The second-order valence-electron chi connectivity index (χ2n) is 4.14. The Kier molecular flexibility index (Phi) is 3.73. The zero-order valence-electron chi connectivity index (χ0n) is 10.5. The zero-order chi connectivity index (χ0) is 14.8. The van der Waals surface area contributed by atoms with E-state index in [4.69, 9.17) is 5.73 Å². The van der Waals surface area contributed by atoms with Crippen LogP contribution in [0, 0.1) is 0 Å². The lowest BCUT2D eigenvalue weighted by atomic mass is 10.2. The van der Waals surface area contributed by atoms with Crippen molar-refractivity contribution < 1.29 is 13.2 Å². The van der Waals surface area contributed by atoms with E-state index in [9.17, 15) is 13.2 Å². The number of nitrogens with one attached hydrogen (secondary N) is 1. The number of alkyl halides is 3. The van der Waals surface area contributed by atoms with E-state index >= 15 is 0 Å². The Morgan fingerprint density at radius 2 is 1.95 bits per heavy atom. The Balaban J connectivity index is 2.10. The molecule has 2 aromatic rings. The van der Waals surface area contributed by atoms with Crippen molar-refractivity contribution in [3.8, 4) is 0 Å². The van der Waals surface area contributed by atoms with Gasteiger partial charge in [-0.15, -0.1) is 0 Å². The zero-order valence-corrected chi connectivity index (χ0v) is 10.5. The van der Waals surface area contributed by atoms with Crippen LogP contribution in [-0.2, 0) is 6.18 Å². The topological polar surface area (TPSA) is 76.7 Å². The average molecular weight is 283 g/mol. The fourth-order valence-electron chi connectivity index (χ4n) is 1.53. The Hall–Kier alpha value is -2.38. The van der Waals surface area contributed by atoms with Crippen LogP contribution in [0.15, 0.2) is 30.6 Å². The van der Waals surface area contributed by atoms with Crippen LogP contribution in [0.3, 0.4) is 0 Å². The molecule has 0 spiro atoms. The number of nitrogens with zero attached hydrogens (tertiary/aromatic N) is 3. The summed E-state index contributed by atoms with van der Waals surface area (Å²) in [5.74, 6) is 1.06. The number of nitrogens with two attached hydrogens (primary N) is 1. The number of aromatic nitrogens is 3. The SMILES string of the molecule is CC(Nc1ccc(C(F)(F)F)cn1)c1nccc(N)n1. The van der Waals surface area contributed by atoms with E-state index in [1.807, 2.05) is 0 Å². The maximum atomic E-state index is 12.4. The summed E-state index contributed by atoms with van der Waals surface area (Å²) in [6.45, 7) is 1.76. The van der Waals surface area contributed by atoms with Crippen LogP contribution in [0.4, 0.5) is 24.8 Å². The van der Waals surface area contributed by atoms with Gasteiger partial charge < -0.3 is 11.1 Å². The van der Waals surface area contributed by atoms with Gasteiger partial charge in [-0.05, 0) is 25.1 Å². The summed E-state index contributed by atoms with van der Waals surface area (Å²) in [7, 11) is 0. The summed E-state index contributed by atoms with van der Waals surface area (Å²) in [6.07, 6.45) is -2.11. The van der Waals surface area contributed by atoms with Crippen LogP contribution in [0.5, 0.6) is 0 Å². The molecule has 0 saturated carbocycles. The van der Waals surface area contributed by atoms with Gasteiger partial charge in [0, 0.05) is 12.4 Å². The Labute approximate surface area is 113 Å². The first kappa shape index (κ1) is 14.0. The van der Waals surface area contributed by atoms with Crippen molar-refractivity contribution in [2.24, 2.45) is 0 Å². The van der Waals surface area contributed by atoms with E-state index in [1.165, 1.54) is 12.3 Å². The highest BCUT2D eigenvalue weighted by Gasteiger charge is 2.30.